The molecule has 0 aliphatic carbocycles. The molecule has 1 fully saturated rings. The smallest absolute Gasteiger partial charge is 0.223 e. The van der Waals surface area contributed by atoms with E-state index in [1.54, 1.807) is 23.0 Å². The number of ether oxygens (including phenoxy) is 1. The van der Waals surface area contributed by atoms with Gasteiger partial charge in [-0.1, -0.05) is 0 Å². The third-order valence-corrected chi connectivity index (χ3v) is 5.95. The molecule has 5 rings (SSSR count). The maximum absolute atomic E-state index is 9.10. The van der Waals surface area contributed by atoms with Gasteiger partial charge in [0, 0.05) is 32.1 Å². The van der Waals surface area contributed by atoms with Crippen LogP contribution < -0.4 is 15.0 Å². The molecule has 1 aliphatic heterocycles. The van der Waals surface area contributed by atoms with E-state index >= 15 is 0 Å². The highest BCUT2D eigenvalue weighted by Crippen LogP contribution is 2.31. The predicted octanol–water partition coefficient (Wildman–Crippen LogP) is 3.61. The highest BCUT2D eigenvalue weighted by molar-refractivity contribution is 5.88. The van der Waals surface area contributed by atoms with Crippen molar-refractivity contribution >= 4 is 28.5 Å². The first-order valence-corrected chi connectivity index (χ1v) is 11.2. The van der Waals surface area contributed by atoms with E-state index in [0.717, 1.165) is 37.3 Å². The quantitative estimate of drug-likeness (QED) is 0.463. The van der Waals surface area contributed by atoms with Gasteiger partial charge in [-0.3, -0.25) is 0 Å². The van der Waals surface area contributed by atoms with Gasteiger partial charge in [0.05, 0.1) is 24.3 Å². The standard InChI is InChI=1S/C24H22N10O/c1-15-9-17(12-26)27-13-19(15)35-22-10-18(23-24(30-22)33(2)14-28-23)29-20-3-4-21(32-31-20)34-7-5-16(11-25)6-8-34/h3-4,9-10,13-14,16H,5-8H2,1-2H3,(H,29,30,31). The molecule has 1 N–H and O–H groups in total. The van der Waals surface area contributed by atoms with E-state index in [0.29, 0.717) is 40.0 Å². The largest absolute Gasteiger partial charge is 0.437 e. The van der Waals surface area contributed by atoms with Gasteiger partial charge in [0.15, 0.2) is 23.0 Å². The zero-order valence-corrected chi connectivity index (χ0v) is 19.3. The van der Waals surface area contributed by atoms with Crippen molar-refractivity contribution in [3.8, 4) is 23.8 Å². The third kappa shape index (κ3) is 4.52. The first-order valence-electron chi connectivity index (χ1n) is 11.2. The summed E-state index contributed by atoms with van der Waals surface area (Å²) in [6, 6.07) is 11.6. The zero-order valence-electron chi connectivity index (χ0n) is 19.3. The molecule has 5 heterocycles. The molecule has 35 heavy (non-hydrogen) atoms. The molecule has 0 saturated carbocycles. The summed E-state index contributed by atoms with van der Waals surface area (Å²) >= 11 is 0. The summed E-state index contributed by atoms with van der Waals surface area (Å²) < 4.78 is 7.81. The van der Waals surface area contributed by atoms with Crippen LogP contribution in [0.3, 0.4) is 0 Å². The molecular weight excluding hydrogens is 444 g/mol. The molecule has 1 aliphatic rings. The summed E-state index contributed by atoms with van der Waals surface area (Å²) in [5, 5.41) is 30.1. The number of anilines is 3. The van der Waals surface area contributed by atoms with Crippen molar-refractivity contribution < 1.29 is 4.74 Å². The number of hydrogen-bond acceptors (Lipinski definition) is 10. The summed E-state index contributed by atoms with van der Waals surface area (Å²) in [5.74, 6) is 2.32. The average molecular weight is 467 g/mol. The molecule has 11 nitrogen and oxygen atoms in total. The fraction of sp³-hybridized carbons (Fsp3) is 0.292. The minimum absolute atomic E-state index is 0.118. The maximum atomic E-state index is 9.10. The Hall–Kier alpha value is -4.77. The van der Waals surface area contributed by atoms with Crippen LogP contribution in [0.25, 0.3) is 11.2 Å². The molecule has 0 spiro atoms. The summed E-state index contributed by atoms with van der Waals surface area (Å²) in [4.78, 5) is 15.3. The monoisotopic (exact) mass is 466 g/mol. The number of pyridine rings is 2. The fourth-order valence-electron chi connectivity index (χ4n) is 3.98. The molecule has 0 amide bonds. The van der Waals surface area contributed by atoms with E-state index in [9.17, 15) is 0 Å². The van der Waals surface area contributed by atoms with Crippen molar-refractivity contribution in [3.05, 3.63) is 48.0 Å². The first-order chi connectivity index (χ1) is 17.0. The second-order valence-electron chi connectivity index (χ2n) is 8.38. The third-order valence-electron chi connectivity index (χ3n) is 5.95. The summed E-state index contributed by atoms with van der Waals surface area (Å²) in [6.45, 7) is 3.44. The van der Waals surface area contributed by atoms with Crippen molar-refractivity contribution in [2.45, 2.75) is 19.8 Å². The Labute approximate surface area is 201 Å². The fourth-order valence-corrected chi connectivity index (χ4v) is 3.98. The van der Waals surface area contributed by atoms with E-state index < -0.39 is 0 Å². The molecule has 174 valence electrons. The Morgan fingerprint density at radius 1 is 1.11 bits per heavy atom. The minimum Gasteiger partial charge on any atom is -0.437 e. The molecule has 0 atom stereocenters. The van der Waals surface area contributed by atoms with E-state index in [1.807, 2.05) is 32.2 Å². The molecule has 0 unspecified atom stereocenters. The Balaban J connectivity index is 1.39. The Morgan fingerprint density at radius 2 is 1.94 bits per heavy atom. The van der Waals surface area contributed by atoms with Crippen molar-refractivity contribution in [3.63, 3.8) is 0 Å². The van der Waals surface area contributed by atoms with Crippen LogP contribution in [0, 0.1) is 35.5 Å². The molecule has 4 aromatic heterocycles. The zero-order chi connectivity index (χ0) is 24.4. The van der Waals surface area contributed by atoms with Gasteiger partial charge in [0.2, 0.25) is 5.88 Å². The lowest BCUT2D eigenvalue weighted by atomic mass is 9.99. The van der Waals surface area contributed by atoms with Crippen LogP contribution in [0.15, 0.2) is 36.8 Å². The lowest BCUT2D eigenvalue weighted by Gasteiger charge is -2.29. The number of aryl methyl sites for hydroxylation is 2. The van der Waals surface area contributed by atoms with Crippen LogP contribution in [0.1, 0.15) is 24.1 Å². The van der Waals surface area contributed by atoms with Crippen molar-refractivity contribution in [2.75, 3.05) is 23.3 Å². The van der Waals surface area contributed by atoms with Gasteiger partial charge >= 0.3 is 0 Å². The number of rotatable bonds is 5. The number of hydrogen-bond donors (Lipinski definition) is 1. The SMILES string of the molecule is Cc1cc(C#N)ncc1Oc1cc(Nc2ccc(N3CCC(C#N)CC3)nn2)c2ncn(C)c2n1. The van der Waals surface area contributed by atoms with Gasteiger partial charge in [0.25, 0.3) is 0 Å². The highest BCUT2D eigenvalue weighted by atomic mass is 16.5. The van der Waals surface area contributed by atoms with Crippen LogP contribution in [0.5, 0.6) is 11.6 Å². The first kappa shape index (κ1) is 22.0. The van der Waals surface area contributed by atoms with Crippen LogP contribution in [0.4, 0.5) is 17.3 Å². The number of aromatic nitrogens is 6. The van der Waals surface area contributed by atoms with E-state index in [4.69, 9.17) is 15.3 Å². The van der Waals surface area contributed by atoms with Gasteiger partial charge in [0.1, 0.15) is 17.3 Å². The average Bonchev–Trinajstić information content (AvgIpc) is 3.26. The van der Waals surface area contributed by atoms with Gasteiger partial charge in [-0.2, -0.15) is 15.5 Å². The molecule has 0 bridgehead atoms. The van der Waals surface area contributed by atoms with Gasteiger partial charge < -0.3 is 19.5 Å². The lowest BCUT2D eigenvalue weighted by molar-refractivity contribution is 0.459. The topological polar surface area (TPSA) is 141 Å². The Bertz CT molecular complexity index is 1460. The number of piperidine rings is 1. The predicted molar refractivity (Wildman–Crippen MR) is 128 cm³/mol. The molecular formula is C24H22N10O. The van der Waals surface area contributed by atoms with Crippen LogP contribution >= 0.6 is 0 Å². The number of nitriles is 2. The van der Waals surface area contributed by atoms with E-state index in [2.05, 4.69) is 41.4 Å². The summed E-state index contributed by atoms with van der Waals surface area (Å²) in [7, 11) is 1.86. The molecule has 1 saturated heterocycles. The van der Waals surface area contributed by atoms with E-state index in [-0.39, 0.29) is 5.92 Å². The second kappa shape index (κ2) is 9.23. The summed E-state index contributed by atoms with van der Waals surface area (Å²) in [6.07, 6.45) is 4.87. The van der Waals surface area contributed by atoms with Crippen LogP contribution in [-0.2, 0) is 7.05 Å². The van der Waals surface area contributed by atoms with Crippen LogP contribution in [0.2, 0.25) is 0 Å². The number of nitrogens with zero attached hydrogens (tertiary/aromatic N) is 9. The highest BCUT2D eigenvalue weighted by Gasteiger charge is 2.20. The van der Waals surface area contributed by atoms with Crippen LogP contribution in [-0.4, -0.2) is 42.8 Å². The van der Waals surface area contributed by atoms with Gasteiger partial charge in [-0.25, -0.2) is 9.97 Å². The lowest BCUT2D eigenvalue weighted by Crippen LogP contribution is -2.33. The number of nitrogens with one attached hydrogen (secondary N) is 1. The number of imidazole rings is 1. The minimum atomic E-state index is 0.118. The molecule has 11 heteroatoms. The van der Waals surface area contributed by atoms with Gasteiger partial charge in [-0.05, 0) is 43.5 Å². The van der Waals surface area contributed by atoms with Gasteiger partial charge in [-0.15, -0.1) is 10.2 Å². The van der Waals surface area contributed by atoms with Crippen molar-refractivity contribution in [1.82, 2.24) is 29.7 Å². The second-order valence-corrected chi connectivity index (χ2v) is 8.38. The maximum Gasteiger partial charge on any atom is 0.223 e. The normalized spacial score (nSPS) is 13.9. The van der Waals surface area contributed by atoms with E-state index in [1.165, 1.54) is 6.20 Å². The Morgan fingerprint density at radius 3 is 2.63 bits per heavy atom. The van der Waals surface area contributed by atoms with Crippen molar-refractivity contribution in [2.24, 2.45) is 13.0 Å². The molecule has 0 aromatic carbocycles. The molecule has 4 aromatic rings. The summed E-state index contributed by atoms with van der Waals surface area (Å²) in [5.41, 5.74) is 3.07. The number of fused-ring (bicyclic) bond motifs is 1. The molecule has 0 radical (unpaired) electrons. The Kier molecular flexibility index (Phi) is 5.81. The van der Waals surface area contributed by atoms with Crippen molar-refractivity contribution in [1.29, 1.82) is 10.5 Å².